The van der Waals surface area contributed by atoms with Crippen LogP contribution in [0.3, 0.4) is 0 Å². The molecule has 1 heterocycles. The van der Waals surface area contributed by atoms with Gasteiger partial charge in [0.25, 0.3) is 0 Å². The molecule has 0 bridgehead atoms. The third-order valence-electron chi connectivity index (χ3n) is 2.47. The van der Waals surface area contributed by atoms with E-state index in [1.165, 1.54) is 7.11 Å². The number of aliphatic hydroxyl groups is 1. The molecule has 1 N–H and O–H groups in total. The molecule has 14 heavy (non-hydrogen) atoms. The van der Waals surface area contributed by atoms with Crippen LogP contribution < -0.4 is 0 Å². The van der Waals surface area contributed by atoms with Crippen molar-refractivity contribution in [3.63, 3.8) is 0 Å². The number of nitrogens with zero attached hydrogens (tertiary/aromatic N) is 3. The minimum Gasteiger partial charge on any atom is -0.389 e. The number of hydrogen-bond donors (Lipinski definition) is 1. The Morgan fingerprint density at radius 3 is 2.79 bits per heavy atom. The van der Waals surface area contributed by atoms with Crippen molar-refractivity contribution in [1.29, 1.82) is 0 Å². The monoisotopic (exact) mass is 201 g/mol. The molecule has 4 atom stereocenters. The molecule has 1 aliphatic rings. The number of methoxy groups -OCH3 is 1. The smallest absolute Gasteiger partial charge is 0.160 e. The van der Waals surface area contributed by atoms with Crippen molar-refractivity contribution in [2.24, 2.45) is 5.11 Å². The Bertz CT molecular complexity index is 250. The summed E-state index contributed by atoms with van der Waals surface area (Å²) in [5.74, 6) is 0. The van der Waals surface area contributed by atoms with Crippen LogP contribution in [-0.4, -0.2) is 36.3 Å². The van der Waals surface area contributed by atoms with E-state index in [0.29, 0.717) is 6.42 Å². The zero-order chi connectivity index (χ0) is 10.8. The zero-order valence-electron chi connectivity index (χ0n) is 8.54. The third kappa shape index (κ3) is 2.16. The molecule has 0 aromatic rings. The van der Waals surface area contributed by atoms with Crippen molar-refractivity contribution < 1.29 is 14.6 Å². The van der Waals surface area contributed by atoms with E-state index in [1.807, 2.05) is 0 Å². The van der Waals surface area contributed by atoms with Crippen molar-refractivity contribution in [1.82, 2.24) is 0 Å². The van der Waals surface area contributed by atoms with Gasteiger partial charge in [-0.25, -0.2) is 0 Å². The van der Waals surface area contributed by atoms with Crippen molar-refractivity contribution in [3.8, 4) is 0 Å². The van der Waals surface area contributed by atoms with Crippen molar-refractivity contribution in [2.75, 3.05) is 7.11 Å². The normalized spacial score (nSPS) is 43.0. The minimum absolute atomic E-state index is 0.303. The highest BCUT2D eigenvalue weighted by Crippen LogP contribution is 2.31. The van der Waals surface area contributed by atoms with Gasteiger partial charge in [0.1, 0.15) is 0 Å². The molecule has 1 saturated heterocycles. The summed E-state index contributed by atoms with van der Waals surface area (Å²) in [5, 5.41) is 13.5. The summed E-state index contributed by atoms with van der Waals surface area (Å²) in [4.78, 5) is 2.70. The van der Waals surface area contributed by atoms with Crippen molar-refractivity contribution >= 4 is 0 Å². The molecule has 0 unspecified atom stereocenters. The van der Waals surface area contributed by atoms with Gasteiger partial charge in [0.15, 0.2) is 6.29 Å². The van der Waals surface area contributed by atoms with Gasteiger partial charge in [-0.15, -0.1) is 0 Å². The molecule has 6 heteroatoms. The fraction of sp³-hybridized carbons (Fsp3) is 1.00. The van der Waals surface area contributed by atoms with Crippen LogP contribution in [0, 0.1) is 0 Å². The van der Waals surface area contributed by atoms with Gasteiger partial charge in [-0.1, -0.05) is 5.11 Å². The van der Waals surface area contributed by atoms with Gasteiger partial charge in [0.05, 0.1) is 17.7 Å². The summed E-state index contributed by atoms with van der Waals surface area (Å²) in [5.41, 5.74) is 7.27. The number of azide groups is 1. The third-order valence-corrected chi connectivity index (χ3v) is 2.47. The Morgan fingerprint density at radius 1 is 1.71 bits per heavy atom. The topological polar surface area (TPSA) is 87.5 Å². The molecule has 0 amide bonds. The Morgan fingerprint density at radius 2 is 2.36 bits per heavy atom. The van der Waals surface area contributed by atoms with E-state index >= 15 is 0 Å². The lowest BCUT2D eigenvalue weighted by Crippen LogP contribution is -2.53. The predicted octanol–water partition coefficient (Wildman–Crippen LogP) is 1.20. The summed E-state index contributed by atoms with van der Waals surface area (Å²) in [6, 6.07) is -0.570. The van der Waals surface area contributed by atoms with E-state index in [2.05, 4.69) is 10.0 Å². The summed E-state index contributed by atoms with van der Waals surface area (Å²) >= 11 is 0. The lowest BCUT2D eigenvalue weighted by Gasteiger charge is -2.41. The van der Waals surface area contributed by atoms with E-state index in [0.717, 1.165) is 0 Å². The highest BCUT2D eigenvalue weighted by atomic mass is 16.7. The first kappa shape index (κ1) is 11.3. The van der Waals surface area contributed by atoms with Gasteiger partial charge in [-0.05, 0) is 19.4 Å². The van der Waals surface area contributed by atoms with Crippen LogP contribution in [-0.2, 0) is 9.47 Å². The molecule has 0 spiro atoms. The van der Waals surface area contributed by atoms with Crippen LogP contribution in [0.1, 0.15) is 20.3 Å². The van der Waals surface area contributed by atoms with E-state index in [-0.39, 0.29) is 6.10 Å². The van der Waals surface area contributed by atoms with Crippen LogP contribution in [0.15, 0.2) is 5.11 Å². The molecule has 0 aromatic heterocycles. The quantitative estimate of drug-likeness (QED) is 0.413. The Balaban J connectivity index is 2.82. The second-order valence-corrected chi connectivity index (χ2v) is 3.72. The maximum absolute atomic E-state index is 10.0. The average Bonchev–Trinajstić information content (AvgIpc) is 2.10. The molecule has 6 nitrogen and oxygen atoms in total. The summed E-state index contributed by atoms with van der Waals surface area (Å²) < 4.78 is 10.4. The molecule has 80 valence electrons. The summed E-state index contributed by atoms with van der Waals surface area (Å²) in [7, 11) is 1.52. The maximum Gasteiger partial charge on any atom is 0.160 e. The van der Waals surface area contributed by atoms with E-state index in [9.17, 15) is 5.11 Å². The van der Waals surface area contributed by atoms with E-state index in [1.54, 1.807) is 13.8 Å². The molecule has 1 aliphatic heterocycles. The standard InChI is InChI=1S/C8H15N3O3/c1-5-7(10-11-9)8(2,12)4-6(13-3)14-5/h5-7,12H,4H2,1-3H3/t5-,6-,7+,8+/m0/s1. The Kier molecular flexibility index (Phi) is 3.34. The van der Waals surface area contributed by atoms with Crippen molar-refractivity contribution in [2.45, 2.75) is 44.3 Å². The number of ether oxygens (including phenoxy) is 2. The Labute approximate surface area is 82.4 Å². The molecular formula is C8H15N3O3. The molecule has 0 aromatic carbocycles. The first-order valence-electron chi connectivity index (χ1n) is 4.46. The van der Waals surface area contributed by atoms with E-state index in [4.69, 9.17) is 15.0 Å². The zero-order valence-corrected chi connectivity index (χ0v) is 8.54. The maximum atomic E-state index is 10.0. The average molecular weight is 201 g/mol. The molecule has 0 radical (unpaired) electrons. The van der Waals surface area contributed by atoms with Crippen LogP contribution in [0.2, 0.25) is 0 Å². The lowest BCUT2D eigenvalue weighted by molar-refractivity contribution is -0.229. The molecular weight excluding hydrogens is 186 g/mol. The van der Waals surface area contributed by atoms with Gasteiger partial charge in [-0.3, -0.25) is 0 Å². The Hall–Kier alpha value is -0.810. The largest absolute Gasteiger partial charge is 0.389 e. The van der Waals surface area contributed by atoms with Crippen LogP contribution >= 0.6 is 0 Å². The molecule has 0 aliphatic carbocycles. The van der Waals surface area contributed by atoms with Crippen LogP contribution in [0.25, 0.3) is 10.4 Å². The summed E-state index contributed by atoms with van der Waals surface area (Å²) in [6.07, 6.45) is -0.484. The lowest BCUT2D eigenvalue weighted by atomic mass is 9.87. The molecule has 0 saturated carbocycles. The highest BCUT2D eigenvalue weighted by molar-refractivity contribution is 4.96. The van der Waals surface area contributed by atoms with Gasteiger partial charge in [-0.2, -0.15) is 0 Å². The first-order chi connectivity index (χ1) is 6.51. The van der Waals surface area contributed by atoms with E-state index < -0.39 is 17.9 Å². The molecule has 1 rings (SSSR count). The SMILES string of the molecule is CO[C@@H]1C[C@@](C)(O)[C@H](N=[N+]=[N-])[C@H](C)O1. The number of hydrogen-bond acceptors (Lipinski definition) is 4. The van der Waals surface area contributed by atoms with Gasteiger partial charge >= 0.3 is 0 Å². The van der Waals surface area contributed by atoms with Crippen molar-refractivity contribution in [3.05, 3.63) is 10.4 Å². The minimum atomic E-state index is -1.08. The van der Waals surface area contributed by atoms with Gasteiger partial charge in [0, 0.05) is 18.4 Å². The van der Waals surface area contributed by atoms with Crippen LogP contribution in [0.4, 0.5) is 0 Å². The summed E-state index contributed by atoms with van der Waals surface area (Å²) in [6.45, 7) is 3.37. The second-order valence-electron chi connectivity index (χ2n) is 3.72. The van der Waals surface area contributed by atoms with Crippen LogP contribution in [0.5, 0.6) is 0 Å². The second kappa shape index (κ2) is 4.14. The number of rotatable bonds is 2. The first-order valence-corrected chi connectivity index (χ1v) is 4.46. The highest BCUT2D eigenvalue weighted by Gasteiger charge is 2.43. The predicted molar refractivity (Wildman–Crippen MR) is 49.5 cm³/mol. The molecule has 1 fully saturated rings. The fourth-order valence-corrected chi connectivity index (χ4v) is 1.74. The van der Waals surface area contributed by atoms with Gasteiger partial charge in [0.2, 0.25) is 0 Å². The van der Waals surface area contributed by atoms with Gasteiger partial charge < -0.3 is 14.6 Å². The fourth-order valence-electron chi connectivity index (χ4n) is 1.74.